The minimum atomic E-state index is -0.160. The molecule has 1 heterocycles. The minimum Gasteiger partial charge on any atom is -0.492 e. The molecule has 0 aliphatic carbocycles. The van der Waals surface area contributed by atoms with E-state index in [1.807, 2.05) is 48.5 Å². The molecule has 0 radical (unpaired) electrons. The number of fused-ring (bicyclic) bond motifs is 1. The summed E-state index contributed by atoms with van der Waals surface area (Å²) in [5.74, 6) is 1.19. The Bertz CT molecular complexity index is 639. The summed E-state index contributed by atoms with van der Waals surface area (Å²) < 4.78 is 5.65. The number of carbonyl (C=O) groups excluding carboxylic acids is 1. The molecule has 1 amide bonds. The third-order valence-corrected chi connectivity index (χ3v) is 3.93. The number of anilines is 1. The van der Waals surface area contributed by atoms with Gasteiger partial charge in [0.1, 0.15) is 12.4 Å². The highest BCUT2D eigenvalue weighted by Crippen LogP contribution is 2.27. The maximum absolute atomic E-state index is 12.3. The Hall–Kier alpha value is -2.00. The van der Waals surface area contributed by atoms with Gasteiger partial charge >= 0.3 is 0 Å². The van der Waals surface area contributed by atoms with Gasteiger partial charge in [-0.15, -0.1) is 11.6 Å². The molecule has 0 bridgehead atoms. The van der Waals surface area contributed by atoms with E-state index in [1.54, 1.807) is 0 Å². The van der Waals surface area contributed by atoms with E-state index in [1.165, 1.54) is 0 Å². The van der Waals surface area contributed by atoms with Gasteiger partial charge in [0.05, 0.1) is 5.92 Å². The van der Waals surface area contributed by atoms with Gasteiger partial charge in [-0.05, 0) is 35.7 Å². The Morgan fingerprint density at radius 1 is 1.19 bits per heavy atom. The van der Waals surface area contributed by atoms with Crippen LogP contribution in [0.1, 0.15) is 11.1 Å². The molecule has 1 aliphatic heterocycles. The zero-order valence-corrected chi connectivity index (χ0v) is 12.3. The van der Waals surface area contributed by atoms with Crippen LogP contribution in [0.25, 0.3) is 0 Å². The third-order valence-electron chi connectivity index (χ3n) is 3.63. The zero-order chi connectivity index (χ0) is 14.7. The lowest BCUT2D eigenvalue weighted by atomic mass is 9.96. The van der Waals surface area contributed by atoms with Gasteiger partial charge in [-0.25, -0.2) is 0 Å². The quantitative estimate of drug-likeness (QED) is 0.879. The van der Waals surface area contributed by atoms with Crippen molar-refractivity contribution in [3.8, 4) is 5.75 Å². The van der Waals surface area contributed by atoms with Gasteiger partial charge in [0.15, 0.2) is 0 Å². The summed E-state index contributed by atoms with van der Waals surface area (Å²) in [6.45, 7) is 0.419. The summed E-state index contributed by atoms with van der Waals surface area (Å²) in [6.07, 6.45) is 0.710. The molecule has 2 aromatic rings. The van der Waals surface area contributed by atoms with Crippen molar-refractivity contribution in [3.05, 3.63) is 59.7 Å². The highest BCUT2D eigenvalue weighted by Gasteiger charge is 2.25. The van der Waals surface area contributed by atoms with Crippen LogP contribution < -0.4 is 10.1 Å². The second kappa shape index (κ2) is 6.19. The number of alkyl halides is 1. The van der Waals surface area contributed by atoms with Crippen LogP contribution in [0, 0.1) is 5.92 Å². The molecule has 21 heavy (non-hydrogen) atoms. The van der Waals surface area contributed by atoms with Crippen molar-refractivity contribution >= 4 is 23.2 Å². The minimum absolute atomic E-state index is 0.0110. The molecule has 0 aromatic heterocycles. The number of carbonyl (C=O) groups is 1. The summed E-state index contributed by atoms with van der Waals surface area (Å²) in [4.78, 5) is 12.3. The molecule has 108 valence electrons. The summed E-state index contributed by atoms with van der Waals surface area (Å²) in [6, 6.07) is 15.4. The van der Waals surface area contributed by atoms with Crippen LogP contribution in [0.2, 0.25) is 0 Å². The molecule has 0 saturated heterocycles. The molecule has 0 fully saturated rings. The average Bonchev–Trinajstić information content (AvgIpc) is 2.55. The summed E-state index contributed by atoms with van der Waals surface area (Å²) >= 11 is 5.75. The summed E-state index contributed by atoms with van der Waals surface area (Å²) in [5, 5.41) is 2.93. The second-order valence-corrected chi connectivity index (χ2v) is 5.41. The molecule has 1 unspecified atom stereocenters. The number of para-hydroxylation sites is 1. The highest BCUT2D eigenvalue weighted by atomic mass is 35.5. The van der Waals surface area contributed by atoms with Crippen molar-refractivity contribution in [2.45, 2.75) is 12.3 Å². The predicted molar refractivity (Wildman–Crippen MR) is 83.8 cm³/mol. The van der Waals surface area contributed by atoms with Crippen LogP contribution in [0.5, 0.6) is 5.75 Å². The molecular formula is C17H16ClNO2. The topological polar surface area (TPSA) is 38.3 Å². The van der Waals surface area contributed by atoms with E-state index in [9.17, 15) is 4.79 Å². The number of amides is 1. The molecule has 0 spiro atoms. The molecular weight excluding hydrogens is 286 g/mol. The van der Waals surface area contributed by atoms with Crippen LogP contribution in [-0.2, 0) is 17.1 Å². The van der Waals surface area contributed by atoms with Gasteiger partial charge in [-0.2, -0.15) is 0 Å². The smallest absolute Gasteiger partial charge is 0.231 e. The summed E-state index contributed by atoms with van der Waals surface area (Å²) in [5.41, 5.74) is 2.90. The molecule has 3 nitrogen and oxygen atoms in total. The number of benzene rings is 2. The van der Waals surface area contributed by atoms with E-state index < -0.39 is 0 Å². The largest absolute Gasteiger partial charge is 0.492 e. The van der Waals surface area contributed by atoms with Crippen LogP contribution in [0.3, 0.4) is 0 Å². The molecule has 1 aliphatic rings. The molecule has 3 rings (SSSR count). The Balaban J connectivity index is 1.66. The maximum atomic E-state index is 12.3. The van der Waals surface area contributed by atoms with Crippen LogP contribution in [0.15, 0.2) is 48.5 Å². The van der Waals surface area contributed by atoms with Crippen molar-refractivity contribution in [3.63, 3.8) is 0 Å². The zero-order valence-electron chi connectivity index (χ0n) is 11.5. The van der Waals surface area contributed by atoms with E-state index >= 15 is 0 Å². The lowest BCUT2D eigenvalue weighted by molar-refractivity contribution is -0.121. The van der Waals surface area contributed by atoms with Crippen LogP contribution in [0.4, 0.5) is 5.69 Å². The van der Waals surface area contributed by atoms with E-state index in [2.05, 4.69) is 5.32 Å². The van der Waals surface area contributed by atoms with Gasteiger partial charge < -0.3 is 10.1 Å². The van der Waals surface area contributed by atoms with Gasteiger partial charge in [0.25, 0.3) is 0 Å². The van der Waals surface area contributed by atoms with Crippen LogP contribution in [-0.4, -0.2) is 12.5 Å². The maximum Gasteiger partial charge on any atom is 0.231 e. The summed E-state index contributed by atoms with van der Waals surface area (Å²) in [7, 11) is 0. The van der Waals surface area contributed by atoms with Crippen molar-refractivity contribution in [1.82, 2.24) is 0 Å². The number of nitrogens with one attached hydrogen (secondary N) is 1. The van der Waals surface area contributed by atoms with Gasteiger partial charge in [0, 0.05) is 11.6 Å². The average molecular weight is 302 g/mol. The second-order valence-electron chi connectivity index (χ2n) is 5.14. The number of halogens is 1. The van der Waals surface area contributed by atoms with Crippen molar-refractivity contribution in [2.75, 3.05) is 11.9 Å². The fourth-order valence-corrected chi connectivity index (χ4v) is 2.60. The fourth-order valence-electron chi connectivity index (χ4n) is 2.42. The fraction of sp³-hybridized carbons (Fsp3) is 0.235. The molecule has 0 saturated carbocycles. The van der Waals surface area contributed by atoms with E-state index in [4.69, 9.17) is 16.3 Å². The number of hydrogen-bond acceptors (Lipinski definition) is 2. The Labute approximate surface area is 128 Å². The van der Waals surface area contributed by atoms with Crippen molar-refractivity contribution in [1.29, 1.82) is 0 Å². The highest BCUT2D eigenvalue weighted by molar-refractivity contribution is 6.17. The first-order chi connectivity index (χ1) is 10.3. The lowest BCUT2D eigenvalue weighted by Gasteiger charge is -2.24. The predicted octanol–water partition coefficient (Wildman–Crippen LogP) is 3.62. The lowest BCUT2D eigenvalue weighted by Crippen LogP contribution is -2.32. The first-order valence-corrected chi connectivity index (χ1v) is 7.46. The standard InChI is InChI=1S/C17H16ClNO2/c18-10-12-5-7-15(8-6-12)19-17(20)14-9-13-3-1-2-4-16(13)21-11-14/h1-8,14H,9-11H2,(H,19,20). The van der Waals surface area contributed by atoms with Gasteiger partial charge in [0.2, 0.25) is 5.91 Å². The monoisotopic (exact) mass is 301 g/mol. The molecule has 1 N–H and O–H groups in total. The van der Waals surface area contributed by atoms with Gasteiger partial charge in [-0.3, -0.25) is 4.79 Å². The first kappa shape index (κ1) is 14.0. The van der Waals surface area contributed by atoms with E-state index in [0.29, 0.717) is 18.9 Å². The Kier molecular flexibility index (Phi) is 4.11. The van der Waals surface area contributed by atoms with Crippen molar-refractivity contribution in [2.24, 2.45) is 5.92 Å². The normalized spacial score (nSPS) is 16.7. The Morgan fingerprint density at radius 2 is 1.95 bits per heavy atom. The Morgan fingerprint density at radius 3 is 2.71 bits per heavy atom. The third kappa shape index (κ3) is 3.19. The number of hydrogen-bond donors (Lipinski definition) is 1. The molecule has 2 aromatic carbocycles. The molecule has 4 heteroatoms. The van der Waals surface area contributed by atoms with E-state index in [0.717, 1.165) is 22.6 Å². The molecule has 1 atom stereocenters. The van der Waals surface area contributed by atoms with E-state index in [-0.39, 0.29) is 11.8 Å². The van der Waals surface area contributed by atoms with Crippen molar-refractivity contribution < 1.29 is 9.53 Å². The number of rotatable bonds is 3. The van der Waals surface area contributed by atoms with Gasteiger partial charge in [-0.1, -0.05) is 30.3 Å². The van der Waals surface area contributed by atoms with Crippen LogP contribution >= 0.6 is 11.6 Å². The first-order valence-electron chi connectivity index (χ1n) is 6.93. The number of ether oxygens (including phenoxy) is 1. The SMILES string of the molecule is O=C(Nc1ccc(CCl)cc1)C1COc2ccccc2C1.